The maximum absolute atomic E-state index is 13.7. The van der Waals surface area contributed by atoms with E-state index in [9.17, 15) is 9.59 Å². The van der Waals surface area contributed by atoms with Gasteiger partial charge in [0.05, 0.1) is 18.1 Å². The average molecular weight is 407 g/mol. The quantitative estimate of drug-likeness (QED) is 0.741. The Balaban J connectivity index is 1.79. The Morgan fingerprint density at radius 2 is 1.77 bits per heavy atom. The molecule has 2 amide bonds. The second-order valence-corrected chi connectivity index (χ2v) is 8.35. The lowest BCUT2D eigenvalue weighted by Crippen LogP contribution is -2.62. The van der Waals surface area contributed by atoms with Gasteiger partial charge in [0.2, 0.25) is 5.91 Å². The fourth-order valence-corrected chi connectivity index (χ4v) is 5.22. The molecule has 5 nitrogen and oxygen atoms in total. The zero-order chi connectivity index (χ0) is 21.0. The molecule has 1 N–H and O–H groups in total. The Kier molecular flexibility index (Phi) is 6.18. The van der Waals surface area contributed by atoms with Crippen molar-refractivity contribution in [3.63, 3.8) is 0 Å². The largest absolute Gasteiger partial charge is 0.383 e. The Morgan fingerprint density at radius 1 is 1.07 bits per heavy atom. The molecule has 1 aliphatic heterocycles. The number of amides is 2. The van der Waals surface area contributed by atoms with Crippen molar-refractivity contribution >= 4 is 11.8 Å². The van der Waals surface area contributed by atoms with E-state index in [-0.39, 0.29) is 17.7 Å². The molecule has 0 unspecified atom stereocenters. The summed E-state index contributed by atoms with van der Waals surface area (Å²) < 4.78 is 5.12. The summed E-state index contributed by atoms with van der Waals surface area (Å²) in [6, 6.07) is 17.7. The van der Waals surface area contributed by atoms with Gasteiger partial charge in [-0.15, -0.1) is 0 Å². The summed E-state index contributed by atoms with van der Waals surface area (Å²) >= 11 is 0. The highest BCUT2D eigenvalue weighted by molar-refractivity contribution is 6.02. The monoisotopic (exact) mass is 406 g/mol. The minimum Gasteiger partial charge on any atom is -0.383 e. The van der Waals surface area contributed by atoms with Crippen LogP contribution in [0.15, 0.2) is 54.6 Å². The molecule has 0 radical (unpaired) electrons. The molecule has 1 fully saturated rings. The highest BCUT2D eigenvalue weighted by atomic mass is 16.5. The SMILES string of the molecule is COCCNC(=O)[C@H]1c2ccccc2C(=O)N(Cc2ccccc2)C12CCCCC2. The molecule has 5 heteroatoms. The average Bonchev–Trinajstić information content (AvgIpc) is 2.78. The molecular formula is C25H30N2O3. The summed E-state index contributed by atoms with van der Waals surface area (Å²) in [5.74, 6) is -0.337. The van der Waals surface area contributed by atoms with Gasteiger partial charge in [-0.3, -0.25) is 9.59 Å². The molecule has 2 aliphatic rings. The molecule has 1 spiro atoms. The number of fused-ring (bicyclic) bond motifs is 1. The molecule has 0 aromatic heterocycles. The maximum Gasteiger partial charge on any atom is 0.254 e. The first-order valence-electron chi connectivity index (χ1n) is 10.9. The van der Waals surface area contributed by atoms with E-state index >= 15 is 0 Å². The van der Waals surface area contributed by atoms with Crippen LogP contribution >= 0.6 is 0 Å². The van der Waals surface area contributed by atoms with E-state index in [1.54, 1.807) is 7.11 Å². The van der Waals surface area contributed by atoms with Crippen LogP contribution in [0, 0.1) is 0 Å². The van der Waals surface area contributed by atoms with Crippen LogP contribution in [0.2, 0.25) is 0 Å². The van der Waals surface area contributed by atoms with E-state index in [2.05, 4.69) is 17.4 Å². The number of nitrogens with zero attached hydrogens (tertiary/aromatic N) is 1. The first kappa shape index (κ1) is 20.6. The van der Waals surface area contributed by atoms with Crippen LogP contribution < -0.4 is 5.32 Å². The summed E-state index contributed by atoms with van der Waals surface area (Å²) in [5.41, 5.74) is 2.12. The third kappa shape index (κ3) is 3.74. The number of nitrogens with one attached hydrogen (secondary N) is 1. The number of ether oxygens (including phenoxy) is 1. The lowest BCUT2D eigenvalue weighted by atomic mass is 9.65. The Labute approximate surface area is 178 Å². The van der Waals surface area contributed by atoms with Crippen LogP contribution in [-0.2, 0) is 16.1 Å². The Bertz CT molecular complexity index is 890. The van der Waals surface area contributed by atoms with Gasteiger partial charge >= 0.3 is 0 Å². The second-order valence-electron chi connectivity index (χ2n) is 8.35. The molecule has 2 aromatic carbocycles. The van der Waals surface area contributed by atoms with Crippen LogP contribution in [0.25, 0.3) is 0 Å². The lowest BCUT2D eigenvalue weighted by Gasteiger charge is -2.53. The number of methoxy groups -OCH3 is 1. The van der Waals surface area contributed by atoms with E-state index in [4.69, 9.17) is 4.74 Å². The number of benzene rings is 2. The molecule has 0 bridgehead atoms. The van der Waals surface area contributed by atoms with Crippen LogP contribution in [0.3, 0.4) is 0 Å². The number of rotatable bonds is 6. The molecule has 1 atom stereocenters. The van der Waals surface area contributed by atoms with Gasteiger partial charge in [-0.2, -0.15) is 0 Å². The van der Waals surface area contributed by atoms with Crippen molar-refractivity contribution < 1.29 is 14.3 Å². The van der Waals surface area contributed by atoms with Crippen molar-refractivity contribution in [1.29, 1.82) is 0 Å². The third-order valence-electron chi connectivity index (χ3n) is 6.59. The topological polar surface area (TPSA) is 58.6 Å². The van der Waals surface area contributed by atoms with Gasteiger partial charge in [0.1, 0.15) is 0 Å². The predicted molar refractivity (Wildman–Crippen MR) is 116 cm³/mol. The summed E-state index contributed by atoms with van der Waals surface area (Å²) in [7, 11) is 1.63. The van der Waals surface area contributed by atoms with Gasteiger partial charge < -0.3 is 15.0 Å². The number of carbonyl (C=O) groups excluding carboxylic acids is 2. The fraction of sp³-hybridized carbons (Fsp3) is 0.440. The van der Waals surface area contributed by atoms with E-state index < -0.39 is 5.54 Å². The van der Waals surface area contributed by atoms with Gasteiger partial charge in [-0.25, -0.2) is 0 Å². The van der Waals surface area contributed by atoms with E-state index in [0.29, 0.717) is 25.3 Å². The normalized spacial score (nSPS) is 20.1. The molecule has 30 heavy (non-hydrogen) atoms. The van der Waals surface area contributed by atoms with Crippen molar-refractivity contribution in [3.8, 4) is 0 Å². The van der Waals surface area contributed by atoms with Crippen molar-refractivity contribution in [2.24, 2.45) is 0 Å². The highest BCUT2D eigenvalue weighted by Crippen LogP contribution is 2.49. The van der Waals surface area contributed by atoms with Gasteiger partial charge in [0.15, 0.2) is 0 Å². The van der Waals surface area contributed by atoms with Crippen molar-refractivity contribution in [2.75, 3.05) is 20.3 Å². The standard InChI is InChI=1S/C25H30N2O3/c1-30-17-16-26-23(28)22-20-12-6-7-13-21(20)24(29)27(18-19-10-4-2-5-11-19)25(22)14-8-3-9-15-25/h2,4-7,10-13,22H,3,8-9,14-18H2,1H3,(H,26,28)/t22-/m1/s1. The van der Waals surface area contributed by atoms with Gasteiger partial charge in [-0.05, 0) is 30.0 Å². The summed E-state index contributed by atoms with van der Waals surface area (Å²) in [6.45, 7) is 1.46. The molecule has 1 heterocycles. The van der Waals surface area contributed by atoms with Crippen molar-refractivity contribution in [2.45, 2.75) is 50.1 Å². The van der Waals surface area contributed by atoms with Crippen LogP contribution in [0.5, 0.6) is 0 Å². The predicted octanol–water partition coefficient (Wildman–Crippen LogP) is 3.89. The highest BCUT2D eigenvalue weighted by Gasteiger charge is 2.54. The molecule has 158 valence electrons. The first-order valence-corrected chi connectivity index (χ1v) is 10.9. The van der Waals surface area contributed by atoms with Gasteiger partial charge in [0.25, 0.3) is 5.91 Å². The molecule has 1 aliphatic carbocycles. The Morgan fingerprint density at radius 3 is 2.50 bits per heavy atom. The first-order chi connectivity index (χ1) is 14.7. The van der Waals surface area contributed by atoms with Crippen LogP contribution in [-0.4, -0.2) is 42.5 Å². The minimum atomic E-state index is -0.489. The van der Waals surface area contributed by atoms with Crippen molar-refractivity contribution in [1.82, 2.24) is 10.2 Å². The number of hydrogen-bond acceptors (Lipinski definition) is 3. The molecule has 1 saturated carbocycles. The third-order valence-corrected chi connectivity index (χ3v) is 6.59. The van der Waals surface area contributed by atoms with Crippen LogP contribution in [0.4, 0.5) is 0 Å². The number of hydrogen-bond donors (Lipinski definition) is 1. The van der Waals surface area contributed by atoms with E-state index in [1.165, 1.54) is 0 Å². The maximum atomic E-state index is 13.7. The molecule has 2 aromatic rings. The lowest BCUT2D eigenvalue weighted by molar-refractivity contribution is -0.127. The number of carbonyl (C=O) groups is 2. The van der Waals surface area contributed by atoms with E-state index in [0.717, 1.165) is 43.2 Å². The molecule has 4 rings (SSSR count). The zero-order valence-corrected chi connectivity index (χ0v) is 17.6. The molecular weight excluding hydrogens is 376 g/mol. The van der Waals surface area contributed by atoms with Crippen molar-refractivity contribution in [3.05, 3.63) is 71.3 Å². The summed E-state index contributed by atoms with van der Waals surface area (Å²) in [4.78, 5) is 29.2. The fourth-order valence-electron chi connectivity index (χ4n) is 5.22. The minimum absolute atomic E-state index is 0.00744. The van der Waals surface area contributed by atoms with Crippen LogP contribution in [0.1, 0.15) is 59.5 Å². The second kappa shape index (κ2) is 9.00. The zero-order valence-electron chi connectivity index (χ0n) is 17.6. The smallest absolute Gasteiger partial charge is 0.254 e. The Hall–Kier alpha value is -2.66. The van der Waals surface area contributed by atoms with Gasteiger partial charge in [0, 0.05) is 25.8 Å². The van der Waals surface area contributed by atoms with Gasteiger partial charge in [-0.1, -0.05) is 67.8 Å². The molecule has 0 saturated heterocycles. The van der Waals surface area contributed by atoms with E-state index in [1.807, 2.05) is 47.4 Å². The summed E-state index contributed by atoms with van der Waals surface area (Å²) in [5, 5.41) is 3.06. The summed E-state index contributed by atoms with van der Waals surface area (Å²) in [6.07, 6.45) is 4.91.